The second kappa shape index (κ2) is 6.73. The van der Waals surface area contributed by atoms with Gasteiger partial charge in [0.15, 0.2) is 0 Å². The predicted molar refractivity (Wildman–Crippen MR) is 84.1 cm³/mol. The van der Waals surface area contributed by atoms with Gasteiger partial charge in [0.1, 0.15) is 0 Å². The zero-order chi connectivity index (χ0) is 14.7. The standard InChI is InChI=1S/C13H14ClIN2O3/c14-10-7-9(1-2-11(10)15)13(20)17-5-3-16(4-6-17)8-12(18)19/h1-2,7H,3-6,8H2,(H,18,19). The first-order valence-electron chi connectivity index (χ1n) is 6.16. The summed E-state index contributed by atoms with van der Waals surface area (Å²) in [7, 11) is 0. The fraction of sp³-hybridized carbons (Fsp3) is 0.385. The zero-order valence-electron chi connectivity index (χ0n) is 10.7. The van der Waals surface area contributed by atoms with E-state index in [4.69, 9.17) is 16.7 Å². The molecule has 0 unspecified atom stereocenters. The number of amides is 1. The fourth-order valence-electron chi connectivity index (χ4n) is 2.11. The molecule has 1 amide bonds. The van der Waals surface area contributed by atoms with Crippen LogP contribution in [0.5, 0.6) is 0 Å². The van der Waals surface area contributed by atoms with E-state index < -0.39 is 5.97 Å². The molecule has 20 heavy (non-hydrogen) atoms. The van der Waals surface area contributed by atoms with Gasteiger partial charge in [-0.3, -0.25) is 14.5 Å². The summed E-state index contributed by atoms with van der Waals surface area (Å²) in [6.07, 6.45) is 0. The summed E-state index contributed by atoms with van der Waals surface area (Å²) < 4.78 is 0.909. The van der Waals surface area contributed by atoms with Gasteiger partial charge in [0, 0.05) is 35.3 Å². The summed E-state index contributed by atoms with van der Waals surface area (Å²) in [5.74, 6) is -0.896. The minimum atomic E-state index is -0.839. The Labute approximate surface area is 135 Å². The molecule has 0 spiro atoms. The third kappa shape index (κ3) is 3.83. The van der Waals surface area contributed by atoms with Crippen LogP contribution in [0, 0.1) is 3.57 Å². The Balaban J connectivity index is 1.97. The predicted octanol–water partition coefficient (Wildman–Crippen LogP) is 1.79. The molecule has 1 aromatic rings. The van der Waals surface area contributed by atoms with E-state index in [-0.39, 0.29) is 12.5 Å². The van der Waals surface area contributed by atoms with E-state index in [9.17, 15) is 9.59 Å². The van der Waals surface area contributed by atoms with E-state index in [0.29, 0.717) is 36.8 Å². The highest BCUT2D eigenvalue weighted by Gasteiger charge is 2.23. The first-order chi connectivity index (χ1) is 9.47. The number of benzene rings is 1. The molecule has 0 radical (unpaired) electrons. The summed E-state index contributed by atoms with van der Waals surface area (Å²) in [6, 6.07) is 5.26. The molecular formula is C13H14ClIN2O3. The van der Waals surface area contributed by atoms with Gasteiger partial charge in [0.05, 0.1) is 11.6 Å². The fourth-order valence-corrected chi connectivity index (χ4v) is 2.63. The van der Waals surface area contributed by atoms with Crippen LogP contribution in [-0.2, 0) is 4.79 Å². The van der Waals surface area contributed by atoms with Gasteiger partial charge in [-0.15, -0.1) is 0 Å². The molecule has 7 heteroatoms. The van der Waals surface area contributed by atoms with Gasteiger partial charge >= 0.3 is 5.97 Å². The van der Waals surface area contributed by atoms with Crippen LogP contribution in [0.25, 0.3) is 0 Å². The van der Waals surface area contributed by atoms with Crippen molar-refractivity contribution in [3.8, 4) is 0 Å². The number of carbonyl (C=O) groups is 2. The number of hydrogen-bond donors (Lipinski definition) is 1. The summed E-state index contributed by atoms with van der Waals surface area (Å²) in [4.78, 5) is 26.5. The lowest BCUT2D eigenvalue weighted by molar-refractivity contribution is -0.138. The third-order valence-corrected chi connectivity index (χ3v) is 4.76. The Morgan fingerprint density at radius 1 is 1.25 bits per heavy atom. The summed E-state index contributed by atoms with van der Waals surface area (Å²) in [6.45, 7) is 2.26. The molecule has 1 aromatic carbocycles. The van der Waals surface area contributed by atoms with Gasteiger partial charge in [-0.1, -0.05) is 11.6 Å². The number of piperazine rings is 1. The topological polar surface area (TPSA) is 60.9 Å². The molecule has 1 aliphatic heterocycles. The van der Waals surface area contributed by atoms with Crippen LogP contribution in [0.15, 0.2) is 18.2 Å². The Bertz CT molecular complexity index is 530. The van der Waals surface area contributed by atoms with E-state index in [1.54, 1.807) is 17.0 Å². The molecule has 1 aliphatic rings. The Morgan fingerprint density at radius 2 is 1.90 bits per heavy atom. The van der Waals surface area contributed by atoms with Crippen molar-refractivity contribution in [2.45, 2.75) is 0 Å². The molecule has 0 bridgehead atoms. The maximum absolute atomic E-state index is 12.3. The molecule has 0 aromatic heterocycles. The van der Waals surface area contributed by atoms with Crippen LogP contribution in [0.4, 0.5) is 0 Å². The number of nitrogens with zero attached hydrogens (tertiary/aromatic N) is 2. The largest absolute Gasteiger partial charge is 0.480 e. The van der Waals surface area contributed by atoms with Crippen molar-refractivity contribution < 1.29 is 14.7 Å². The van der Waals surface area contributed by atoms with Crippen molar-refractivity contribution in [1.82, 2.24) is 9.80 Å². The van der Waals surface area contributed by atoms with Gasteiger partial charge in [-0.2, -0.15) is 0 Å². The molecule has 1 N–H and O–H groups in total. The molecule has 5 nitrogen and oxygen atoms in total. The lowest BCUT2D eigenvalue weighted by atomic mass is 10.2. The van der Waals surface area contributed by atoms with Crippen LogP contribution in [-0.4, -0.2) is 59.5 Å². The number of halogens is 2. The molecule has 0 aliphatic carbocycles. The zero-order valence-corrected chi connectivity index (χ0v) is 13.6. The van der Waals surface area contributed by atoms with Crippen molar-refractivity contribution in [2.75, 3.05) is 32.7 Å². The Hall–Kier alpha value is -0.860. The second-order valence-electron chi connectivity index (χ2n) is 4.59. The van der Waals surface area contributed by atoms with Crippen molar-refractivity contribution in [2.24, 2.45) is 0 Å². The van der Waals surface area contributed by atoms with Crippen molar-refractivity contribution in [1.29, 1.82) is 0 Å². The average Bonchev–Trinajstić information content (AvgIpc) is 2.41. The van der Waals surface area contributed by atoms with Gasteiger partial charge in [0.25, 0.3) is 5.91 Å². The van der Waals surface area contributed by atoms with Crippen LogP contribution in [0.2, 0.25) is 5.02 Å². The molecule has 0 saturated carbocycles. The number of aliphatic carboxylic acids is 1. The van der Waals surface area contributed by atoms with E-state index in [1.807, 2.05) is 11.0 Å². The first-order valence-corrected chi connectivity index (χ1v) is 7.61. The number of hydrogen-bond acceptors (Lipinski definition) is 3. The van der Waals surface area contributed by atoms with E-state index >= 15 is 0 Å². The van der Waals surface area contributed by atoms with Crippen LogP contribution < -0.4 is 0 Å². The number of carboxylic acid groups (broad SMARTS) is 1. The Morgan fingerprint density at radius 3 is 2.45 bits per heavy atom. The monoisotopic (exact) mass is 408 g/mol. The third-order valence-electron chi connectivity index (χ3n) is 3.18. The lowest BCUT2D eigenvalue weighted by Gasteiger charge is -2.33. The number of carbonyl (C=O) groups excluding carboxylic acids is 1. The summed E-state index contributed by atoms with van der Waals surface area (Å²) in [5, 5.41) is 9.31. The minimum Gasteiger partial charge on any atom is -0.480 e. The van der Waals surface area contributed by atoms with E-state index in [0.717, 1.165) is 3.57 Å². The molecule has 1 saturated heterocycles. The average molecular weight is 409 g/mol. The van der Waals surface area contributed by atoms with E-state index in [1.165, 1.54) is 0 Å². The van der Waals surface area contributed by atoms with Crippen molar-refractivity contribution >= 4 is 46.1 Å². The summed E-state index contributed by atoms with van der Waals surface area (Å²) >= 11 is 8.14. The van der Waals surface area contributed by atoms with Gasteiger partial charge in [-0.25, -0.2) is 0 Å². The minimum absolute atomic E-state index is 0.0252. The molecule has 1 fully saturated rings. The van der Waals surface area contributed by atoms with E-state index in [2.05, 4.69) is 22.6 Å². The summed E-state index contributed by atoms with van der Waals surface area (Å²) in [5.41, 5.74) is 0.571. The molecule has 0 atom stereocenters. The van der Waals surface area contributed by atoms with Crippen molar-refractivity contribution in [3.05, 3.63) is 32.4 Å². The number of carboxylic acids is 1. The maximum atomic E-state index is 12.3. The van der Waals surface area contributed by atoms with Gasteiger partial charge < -0.3 is 10.0 Å². The lowest BCUT2D eigenvalue weighted by Crippen LogP contribution is -2.49. The van der Waals surface area contributed by atoms with Crippen LogP contribution in [0.1, 0.15) is 10.4 Å². The van der Waals surface area contributed by atoms with Crippen LogP contribution in [0.3, 0.4) is 0 Å². The molecule has 2 rings (SSSR count). The molecular weight excluding hydrogens is 395 g/mol. The highest BCUT2D eigenvalue weighted by molar-refractivity contribution is 14.1. The van der Waals surface area contributed by atoms with Crippen molar-refractivity contribution in [3.63, 3.8) is 0 Å². The highest BCUT2D eigenvalue weighted by atomic mass is 127. The molecule has 1 heterocycles. The smallest absolute Gasteiger partial charge is 0.317 e. The first kappa shape index (κ1) is 15.5. The van der Waals surface area contributed by atoms with Gasteiger partial charge in [-0.05, 0) is 40.8 Å². The molecule has 108 valence electrons. The SMILES string of the molecule is O=C(O)CN1CCN(C(=O)c2ccc(I)c(Cl)c2)CC1. The van der Waals surface area contributed by atoms with Gasteiger partial charge in [0.2, 0.25) is 0 Å². The van der Waals surface area contributed by atoms with Crippen LogP contribution >= 0.6 is 34.2 Å². The maximum Gasteiger partial charge on any atom is 0.317 e. The quantitative estimate of drug-likeness (QED) is 0.775. The number of rotatable bonds is 3. The second-order valence-corrected chi connectivity index (χ2v) is 6.16. The Kier molecular flexibility index (Phi) is 5.22. The highest BCUT2D eigenvalue weighted by Crippen LogP contribution is 2.20. The normalized spacial score (nSPS) is 16.2.